The Morgan fingerprint density at radius 1 is 1.06 bits per heavy atom. The molecule has 0 atom stereocenters. The van der Waals surface area contributed by atoms with Crippen LogP contribution in [0.25, 0.3) is 10.8 Å². The van der Waals surface area contributed by atoms with Crippen molar-refractivity contribution < 1.29 is 4.74 Å². The average Bonchev–Trinajstić information content (AvgIpc) is 2.31. The first-order chi connectivity index (χ1) is 8.34. The van der Waals surface area contributed by atoms with Gasteiger partial charge in [0.1, 0.15) is 5.75 Å². The van der Waals surface area contributed by atoms with E-state index < -0.39 is 0 Å². The van der Waals surface area contributed by atoms with Crippen LogP contribution in [0.15, 0.2) is 18.2 Å². The second-order valence-electron chi connectivity index (χ2n) is 5.83. The average molecular weight is 243 g/mol. The lowest BCUT2D eigenvalue weighted by atomic mass is 9.86. The Bertz CT molecular complexity index is 594. The number of pyridine rings is 1. The van der Waals surface area contributed by atoms with Crippen molar-refractivity contribution >= 4 is 10.8 Å². The van der Waals surface area contributed by atoms with Gasteiger partial charge < -0.3 is 4.74 Å². The summed E-state index contributed by atoms with van der Waals surface area (Å²) in [5.41, 5.74) is 3.57. The predicted octanol–water partition coefficient (Wildman–Crippen LogP) is 4.16. The Hall–Kier alpha value is -1.57. The third-order valence-corrected chi connectivity index (χ3v) is 3.37. The molecule has 2 aromatic rings. The van der Waals surface area contributed by atoms with Gasteiger partial charge in [0.25, 0.3) is 0 Å². The zero-order valence-electron chi connectivity index (χ0n) is 12.1. The molecule has 0 N–H and O–H groups in total. The monoisotopic (exact) mass is 243 g/mol. The molecule has 0 aliphatic heterocycles. The standard InChI is InChI=1S/C16H21NO/c1-10-14-9-12(18-6)7-8-13(14)11(2)17-15(10)16(3,4)5/h7-9H,1-6H3. The van der Waals surface area contributed by atoms with Crippen LogP contribution in [0.3, 0.4) is 0 Å². The number of aryl methyl sites for hydroxylation is 2. The highest BCUT2D eigenvalue weighted by molar-refractivity contribution is 5.89. The van der Waals surface area contributed by atoms with Gasteiger partial charge in [-0.05, 0) is 43.0 Å². The topological polar surface area (TPSA) is 22.1 Å². The quantitative estimate of drug-likeness (QED) is 0.750. The van der Waals surface area contributed by atoms with Crippen molar-refractivity contribution in [1.29, 1.82) is 0 Å². The molecule has 2 rings (SSSR count). The lowest BCUT2D eigenvalue weighted by Gasteiger charge is -2.22. The Balaban J connectivity index is 2.83. The Labute approximate surface area is 109 Å². The first-order valence-electron chi connectivity index (χ1n) is 6.30. The van der Waals surface area contributed by atoms with Crippen molar-refractivity contribution in [2.75, 3.05) is 7.11 Å². The number of benzene rings is 1. The second kappa shape index (κ2) is 4.27. The van der Waals surface area contributed by atoms with Crippen LogP contribution in [0.4, 0.5) is 0 Å². The van der Waals surface area contributed by atoms with Gasteiger partial charge in [0.05, 0.1) is 7.11 Å². The van der Waals surface area contributed by atoms with Crippen LogP contribution in [0.5, 0.6) is 5.75 Å². The summed E-state index contributed by atoms with van der Waals surface area (Å²) in [6.07, 6.45) is 0. The fourth-order valence-electron chi connectivity index (χ4n) is 2.45. The molecule has 2 heteroatoms. The molecule has 0 aliphatic rings. The molecule has 0 saturated heterocycles. The Morgan fingerprint density at radius 2 is 1.72 bits per heavy atom. The third-order valence-electron chi connectivity index (χ3n) is 3.37. The molecule has 1 heterocycles. The SMILES string of the molecule is COc1ccc2c(C)nc(C(C)(C)C)c(C)c2c1. The van der Waals surface area contributed by atoms with Crippen molar-refractivity contribution in [3.8, 4) is 5.75 Å². The second-order valence-corrected chi connectivity index (χ2v) is 5.83. The van der Waals surface area contributed by atoms with E-state index in [9.17, 15) is 0 Å². The summed E-state index contributed by atoms with van der Waals surface area (Å²) in [5, 5.41) is 2.45. The van der Waals surface area contributed by atoms with Gasteiger partial charge in [-0.1, -0.05) is 20.8 Å². The van der Waals surface area contributed by atoms with E-state index >= 15 is 0 Å². The predicted molar refractivity (Wildman–Crippen MR) is 76.5 cm³/mol. The molecule has 2 nitrogen and oxygen atoms in total. The van der Waals surface area contributed by atoms with Crippen LogP contribution in [-0.4, -0.2) is 12.1 Å². The van der Waals surface area contributed by atoms with Gasteiger partial charge in [0.15, 0.2) is 0 Å². The number of aromatic nitrogens is 1. The molecule has 0 radical (unpaired) electrons. The normalized spacial score (nSPS) is 11.9. The fourth-order valence-corrected chi connectivity index (χ4v) is 2.45. The number of nitrogens with zero attached hydrogens (tertiary/aromatic N) is 1. The number of rotatable bonds is 1. The summed E-state index contributed by atoms with van der Waals surface area (Å²) in [7, 11) is 1.70. The zero-order chi connectivity index (χ0) is 13.5. The molecule has 1 aromatic carbocycles. The lowest BCUT2D eigenvalue weighted by molar-refractivity contribution is 0.415. The van der Waals surface area contributed by atoms with Crippen LogP contribution in [0.2, 0.25) is 0 Å². The zero-order valence-corrected chi connectivity index (χ0v) is 12.1. The maximum Gasteiger partial charge on any atom is 0.119 e. The molecular weight excluding hydrogens is 222 g/mol. The van der Waals surface area contributed by atoms with Gasteiger partial charge in [0, 0.05) is 22.2 Å². The molecule has 0 aliphatic carbocycles. The minimum absolute atomic E-state index is 0.0616. The first kappa shape index (κ1) is 12.9. The highest BCUT2D eigenvalue weighted by Crippen LogP contribution is 2.32. The maximum absolute atomic E-state index is 5.32. The maximum atomic E-state index is 5.32. The Kier molecular flexibility index (Phi) is 3.05. The van der Waals surface area contributed by atoms with Crippen LogP contribution in [-0.2, 0) is 5.41 Å². The minimum Gasteiger partial charge on any atom is -0.497 e. The molecule has 0 bridgehead atoms. The smallest absolute Gasteiger partial charge is 0.119 e. The van der Waals surface area contributed by atoms with Crippen LogP contribution in [0, 0.1) is 13.8 Å². The summed E-state index contributed by atoms with van der Waals surface area (Å²) in [5.74, 6) is 0.899. The van der Waals surface area contributed by atoms with E-state index in [0.29, 0.717) is 0 Å². The largest absolute Gasteiger partial charge is 0.497 e. The van der Waals surface area contributed by atoms with E-state index in [2.05, 4.69) is 46.8 Å². The van der Waals surface area contributed by atoms with Crippen molar-refractivity contribution in [3.05, 3.63) is 35.2 Å². The van der Waals surface area contributed by atoms with E-state index in [1.165, 1.54) is 22.0 Å². The van der Waals surface area contributed by atoms with Gasteiger partial charge in [-0.25, -0.2) is 0 Å². The molecule has 0 saturated carbocycles. The van der Waals surface area contributed by atoms with E-state index in [1.807, 2.05) is 6.07 Å². The molecule has 18 heavy (non-hydrogen) atoms. The Morgan fingerprint density at radius 3 is 2.28 bits per heavy atom. The highest BCUT2D eigenvalue weighted by atomic mass is 16.5. The lowest BCUT2D eigenvalue weighted by Crippen LogP contribution is -2.16. The van der Waals surface area contributed by atoms with Gasteiger partial charge in [-0.2, -0.15) is 0 Å². The number of hydrogen-bond acceptors (Lipinski definition) is 2. The summed E-state index contributed by atoms with van der Waals surface area (Å²) in [4.78, 5) is 4.79. The minimum atomic E-state index is 0.0616. The number of ether oxygens (including phenoxy) is 1. The summed E-state index contributed by atoms with van der Waals surface area (Å²) in [6.45, 7) is 10.8. The van der Waals surface area contributed by atoms with Gasteiger partial charge >= 0.3 is 0 Å². The molecule has 0 unspecified atom stereocenters. The van der Waals surface area contributed by atoms with Crippen molar-refractivity contribution in [3.63, 3.8) is 0 Å². The number of fused-ring (bicyclic) bond motifs is 1. The van der Waals surface area contributed by atoms with Gasteiger partial charge in [-0.3, -0.25) is 4.98 Å². The van der Waals surface area contributed by atoms with Crippen LogP contribution < -0.4 is 4.74 Å². The number of methoxy groups -OCH3 is 1. The van der Waals surface area contributed by atoms with Crippen LogP contribution in [0.1, 0.15) is 37.7 Å². The van der Waals surface area contributed by atoms with E-state index in [1.54, 1.807) is 7.11 Å². The number of hydrogen-bond donors (Lipinski definition) is 0. The molecule has 1 aromatic heterocycles. The van der Waals surface area contributed by atoms with Gasteiger partial charge in [0.2, 0.25) is 0 Å². The van der Waals surface area contributed by atoms with Gasteiger partial charge in [-0.15, -0.1) is 0 Å². The van der Waals surface area contributed by atoms with E-state index in [4.69, 9.17) is 9.72 Å². The summed E-state index contributed by atoms with van der Waals surface area (Å²) in [6, 6.07) is 6.19. The third kappa shape index (κ3) is 2.07. The molecule has 0 spiro atoms. The van der Waals surface area contributed by atoms with Crippen molar-refractivity contribution in [2.45, 2.75) is 40.0 Å². The molecular formula is C16H21NO. The first-order valence-corrected chi connectivity index (χ1v) is 6.30. The molecule has 0 fully saturated rings. The highest BCUT2D eigenvalue weighted by Gasteiger charge is 2.20. The van der Waals surface area contributed by atoms with E-state index in [-0.39, 0.29) is 5.41 Å². The molecule has 0 amide bonds. The van der Waals surface area contributed by atoms with Crippen LogP contribution >= 0.6 is 0 Å². The van der Waals surface area contributed by atoms with E-state index in [0.717, 1.165) is 11.4 Å². The van der Waals surface area contributed by atoms with Crippen molar-refractivity contribution in [2.24, 2.45) is 0 Å². The summed E-state index contributed by atoms with van der Waals surface area (Å²) < 4.78 is 5.32. The fraction of sp³-hybridized carbons (Fsp3) is 0.438. The summed E-state index contributed by atoms with van der Waals surface area (Å²) >= 11 is 0. The van der Waals surface area contributed by atoms with Crippen molar-refractivity contribution in [1.82, 2.24) is 4.98 Å². The molecule has 96 valence electrons.